The van der Waals surface area contributed by atoms with Crippen molar-refractivity contribution in [2.45, 2.75) is 58.3 Å². The highest BCUT2D eigenvalue weighted by Gasteiger charge is 2.18. The van der Waals surface area contributed by atoms with Crippen LogP contribution >= 0.6 is 0 Å². The first-order chi connectivity index (χ1) is 5.83. The highest BCUT2D eigenvalue weighted by atomic mass is 16.7. The molecule has 2 heteroatoms. The summed E-state index contributed by atoms with van der Waals surface area (Å²) in [5, 5.41) is 0. The fourth-order valence-electron chi connectivity index (χ4n) is 1.58. The van der Waals surface area contributed by atoms with E-state index in [-0.39, 0.29) is 6.29 Å². The summed E-state index contributed by atoms with van der Waals surface area (Å²) in [4.78, 5) is 0. The van der Waals surface area contributed by atoms with Crippen LogP contribution in [0.2, 0.25) is 0 Å². The van der Waals surface area contributed by atoms with E-state index in [0.717, 1.165) is 13.0 Å². The van der Waals surface area contributed by atoms with Crippen molar-refractivity contribution in [2.24, 2.45) is 0 Å². The Morgan fingerprint density at radius 2 is 2.17 bits per heavy atom. The maximum absolute atomic E-state index is 5.61. The molecule has 2 nitrogen and oxygen atoms in total. The van der Waals surface area contributed by atoms with E-state index in [4.69, 9.17) is 9.47 Å². The van der Waals surface area contributed by atoms with E-state index < -0.39 is 0 Å². The van der Waals surface area contributed by atoms with Crippen molar-refractivity contribution in [3.8, 4) is 0 Å². The summed E-state index contributed by atoms with van der Waals surface area (Å²) < 4.78 is 10.9. The van der Waals surface area contributed by atoms with Crippen LogP contribution in [0.25, 0.3) is 0 Å². The highest BCUT2D eigenvalue weighted by Crippen LogP contribution is 2.17. The molecule has 0 aromatic carbocycles. The molecule has 0 N–H and O–H groups in total. The van der Waals surface area contributed by atoms with Crippen molar-refractivity contribution in [1.29, 1.82) is 0 Å². The first-order valence-electron chi connectivity index (χ1n) is 5.10. The van der Waals surface area contributed by atoms with Gasteiger partial charge in [0.2, 0.25) is 0 Å². The Bertz CT molecular complexity index is 114. The van der Waals surface area contributed by atoms with Gasteiger partial charge in [-0.3, -0.25) is 0 Å². The van der Waals surface area contributed by atoms with Gasteiger partial charge in [0.05, 0.1) is 12.7 Å². The molecule has 1 aliphatic rings. The first kappa shape index (κ1) is 10.0. The Morgan fingerprint density at radius 1 is 1.33 bits per heavy atom. The monoisotopic (exact) mass is 172 g/mol. The third-order valence-corrected chi connectivity index (χ3v) is 2.31. The van der Waals surface area contributed by atoms with Gasteiger partial charge in [-0.25, -0.2) is 0 Å². The van der Waals surface area contributed by atoms with Crippen LogP contribution in [0.4, 0.5) is 0 Å². The van der Waals surface area contributed by atoms with Crippen molar-refractivity contribution in [2.75, 3.05) is 6.61 Å². The summed E-state index contributed by atoms with van der Waals surface area (Å²) in [5.74, 6) is 0. The third kappa shape index (κ3) is 3.55. The van der Waals surface area contributed by atoms with Crippen LogP contribution < -0.4 is 0 Å². The van der Waals surface area contributed by atoms with Crippen molar-refractivity contribution in [1.82, 2.24) is 0 Å². The summed E-state index contributed by atoms with van der Waals surface area (Å²) >= 11 is 0. The summed E-state index contributed by atoms with van der Waals surface area (Å²) in [5.41, 5.74) is 0. The molecule has 12 heavy (non-hydrogen) atoms. The Hall–Kier alpha value is -0.0800. The lowest BCUT2D eigenvalue weighted by atomic mass is 10.1. The molecule has 0 aliphatic carbocycles. The zero-order valence-corrected chi connectivity index (χ0v) is 8.21. The summed E-state index contributed by atoms with van der Waals surface area (Å²) in [6, 6.07) is 0. The van der Waals surface area contributed by atoms with Crippen molar-refractivity contribution >= 4 is 0 Å². The molecule has 1 unspecified atom stereocenters. The molecule has 0 aromatic heterocycles. The van der Waals surface area contributed by atoms with Crippen molar-refractivity contribution in [3.63, 3.8) is 0 Å². The SMILES string of the molecule is CCCCC[C@@H]1CCOC(C)O1. The summed E-state index contributed by atoms with van der Waals surface area (Å²) in [6.45, 7) is 5.08. The van der Waals surface area contributed by atoms with Crippen LogP contribution in [-0.4, -0.2) is 19.0 Å². The standard InChI is InChI=1S/C10H20O2/c1-3-4-5-6-10-7-8-11-9(2)12-10/h9-10H,3-8H2,1-2H3/t9?,10-/m1/s1. The van der Waals surface area contributed by atoms with Crippen LogP contribution in [0, 0.1) is 0 Å². The third-order valence-electron chi connectivity index (χ3n) is 2.31. The molecule has 1 heterocycles. The molecule has 0 bridgehead atoms. The van der Waals surface area contributed by atoms with Gasteiger partial charge in [0.25, 0.3) is 0 Å². The molecule has 0 amide bonds. The topological polar surface area (TPSA) is 18.5 Å². The molecular weight excluding hydrogens is 152 g/mol. The van der Waals surface area contributed by atoms with Gasteiger partial charge in [0.15, 0.2) is 6.29 Å². The van der Waals surface area contributed by atoms with Crippen LogP contribution in [0.3, 0.4) is 0 Å². The van der Waals surface area contributed by atoms with Crippen LogP contribution in [0.15, 0.2) is 0 Å². The average molecular weight is 172 g/mol. The van der Waals surface area contributed by atoms with Gasteiger partial charge in [-0.1, -0.05) is 26.2 Å². The second-order valence-electron chi connectivity index (χ2n) is 3.48. The zero-order chi connectivity index (χ0) is 8.81. The molecule has 0 radical (unpaired) electrons. The van der Waals surface area contributed by atoms with E-state index in [1.54, 1.807) is 0 Å². The Morgan fingerprint density at radius 3 is 2.83 bits per heavy atom. The Balaban J connectivity index is 2.06. The zero-order valence-electron chi connectivity index (χ0n) is 8.21. The molecule has 1 saturated heterocycles. The fraction of sp³-hybridized carbons (Fsp3) is 1.00. The Labute approximate surface area is 75.2 Å². The van der Waals surface area contributed by atoms with E-state index in [9.17, 15) is 0 Å². The summed E-state index contributed by atoms with van der Waals surface area (Å²) in [6.07, 6.45) is 6.68. The van der Waals surface area contributed by atoms with E-state index in [1.807, 2.05) is 6.92 Å². The van der Waals surface area contributed by atoms with Crippen molar-refractivity contribution in [3.05, 3.63) is 0 Å². The number of hydrogen-bond acceptors (Lipinski definition) is 2. The lowest BCUT2D eigenvalue weighted by molar-refractivity contribution is -0.203. The predicted octanol–water partition coefficient (Wildman–Crippen LogP) is 2.72. The minimum atomic E-state index is 0.0189. The van der Waals surface area contributed by atoms with Gasteiger partial charge >= 0.3 is 0 Å². The van der Waals surface area contributed by atoms with Gasteiger partial charge in [0.1, 0.15) is 0 Å². The first-order valence-corrected chi connectivity index (χ1v) is 5.10. The molecule has 2 atom stereocenters. The van der Waals surface area contributed by atoms with E-state index in [2.05, 4.69) is 6.92 Å². The number of ether oxygens (including phenoxy) is 2. The fourth-order valence-corrected chi connectivity index (χ4v) is 1.58. The number of hydrogen-bond donors (Lipinski definition) is 0. The van der Waals surface area contributed by atoms with E-state index in [1.165, 1.54) is 25.7 Å². The molecule has 1 fully saturated rings. The second-order valence-corrected chi connectivity index (χ2v) is 3.48. The molecule has 0 aromatic rings. The van der Waals surface area contributed by atoms with Gasteiger partial charge < -0.3 is 9.47 Å². The molecule has 0 spiro atoms. The maximum Gasteiger partial charge on any atom is 0.155 e. The van der Waals surface area contributed by atoms with Crippen LogP contribution in [-0.2, 0) is 9.47 Å². The maximum atomic E-state index is 5.61. The predicted molar refractivity (Wildman–Crippen MR) is 49.0 cm³/mol. The van der Waals surface area contributed by atoms with Gasteiger partial charge in [-0.15, -0.1) is 0 Å². The van der Waals surface area contributed by atoms with E-state index in [0.29, 0.717) is 6.10 Å². The average Bonchev–Trinajstić information content (AvgIpc) is 2.05. The van der Waals surface area contributed by atoms with Gasteiger partial charge in [0, 0.05) is 0 Å². The normalized spacial score (nSPS) is 30.5. The molecule has 72 valence electrons. The Kier molecular flexibility index (Phi) is 4.62. The quantitative estimate of drug-likeness (QED) is 0.607. The smallest absolute Gasteiger partial charge is 0.155 e. The molecular formula is C10H20O2. The molecule has 1 rings (SSSR count). The lowest BCUT2D eigenvalue weighted by Gasteiger charge is -2.27. The summed E-state index contributed by atoms with van der Waals surface area (Å²) in [7, 11) is 0. The van der Waals surface area contributed by atoms with Crippen molar-refractivity contribution < 1.29 is 9.47 Å². The van der Waals surface area contributed by atoms with Gasteiger partial charge in [-0.2, -0.15) is 0 Å². The van der Waals surface area contributed by atoms with Gasteiger partial charge in [-0.05, 0) is 19.8 Å². The highest BCUT2D eigenvalue weighted by molar-refractivity contribution is 4.62. The second kappa shape index (κ2) is 5.55. The molecule has 1 aliphatic heterocycles. The van der Waals surface area contributed by atoms with E-state index >= 15 is 0 Å². The minimum absolute atomic E-state index is 0.0189. The molecule has 0 saturated carbocycles. The van der Waals surface area contributed by atoms with Crippen LogP contribution in [0.1, 0.15) is 46.0 Å². The number of unbranched alkanes of at least 4 members (excludes halogenated alkanes) is 2. The lowest BCUT2D eigenvalue weighted by Crippen LogP contribution is -2.30. The number of rotatable bonds is 4. The minimum Gasteiger partial charge on any atom is -0.353 e. The largest absolute Gasteiger partial charge is 0.353 e. The van der Waals surface area contributed by atoms with Crippen LogP contribution in [0.5, 0.6) is 0 Å².